The van der Waals surface area contributed by atoms with Crippen molar-refractivity contribution >= 4 is 41.1 Å². The van der Waals surface area contributed by atoms with E-state index in [0.717, 1.165) is 21.0 Å². The summed E-state index contributed by atoms with van der Waals surface area (Å²) < 4.78 is 25.0. The van der Waals surface area contributed by atoms with E-state index in [1.165, 1.54) is 0 Å². The minimum atomic E-state index is -0.982. The maximum atomic E-state index is 9.61. The fraction of sp³-hybridized carbons (Fsp3) is 0.529. The molecule has 0 atom stereocenters. The average Bonchev–Trinajstić information content (AvgIpc) is 3.23. The lowest BCUT2D eigenvalue weighted by Crippen LogP contribution is -2.41. The van der Waals surface area contributed by atoms with Gasteiger partial charge in [-0.15, -0.1) is 6.42 Å². The Bertz CT molecular complexity index is 1290. The second-order valence-corrected chi connectivity index (χ2v) is 14.8. The predicted molar refractivity (Wildman–Crippen MR) is 180 cm³/mol. The highest BCUT2D eigenvalue weighted by Crippen LogP contribution is 2.37. The lowest BCUT2D eigenvalue weighted by Gasteiger charge is -2.32. The summed E-state index contributed by atoms with van der Waals surface area (Å²) in [6.45, 7) is 22.9. The third-order valence-corrected chi connectivity index (χ3v) is 8.23. The van der Waals surface area contributed by atoms with Crippen molar-refractivity contribution in [1.29, 1.82) is 0 Å². The average molecular weight is 653 g/mol. The summed E-state index contributed by atoms with van der Waals surface area (Å²) in [6, 6.07) is 15.8. The summed E-state index contributed by atoms with van der Waals surface area (Å²) in [4.78, 5) is 0. The van der Waals surface area contributed by atoms with Crippen LogP contribution in [0.5, 0.6) is 0 Å². The van der Waals surface area contributed by atoms with Crippen molar-refractivity contribution in [2.24, 2.45) is 0 Å². The molecule has 0 spiro atoms. The van der Waals surface area contributed by atoms with Crippen LogP contribution >= 0.6 is 15.9 Å². The second-order valence-electron chi connectivity index (χ2n) is 13.9. The van der Waals surface area contributed by atoms with Gasteiger partial charge in [-0.1, -0.05) is 58.0 Å². The normalized spacial score (nSPS) is 19.6. The third-order valence-electron chi connectivity index (χ3n) is 7.70. The predicted octanol–water partition coefficient (Wildman–Crippen LogP) is 5.25. The summed E-state index contributed by atoms with van der Waals surface area (Å²) in [6.07, 6.45) is 4.81. The molecule has 2 aromatic rings. The fourth-order valence-corrected chi connectivity index (χ4v) is 3.79. The Labute approximate surface area is 268 Å². The number of hydrogen-bond donors (Lipinski definition) is 2. The molecule has 2 aliphatic rings. The van der Waals surface area contributed by atoms with Crippen LogP contribution in [0.25, 0.3) is 0 Å². The van der Waals surface area contributed by atoms with E-state index < -0.39 is 11.2 Å². The van der Waals surface area contributed by atoms with Gasteiger partial charge in [0.25, 0.3) is 0 Å². The molecule has 0 radical (unpaired) electrons. The SMILES string of the molecule is C#CC(C)(C)O.CC(C)(O)C#Cc1ccc(B2OC(C)(C)C(C)(C)O2)cc1.CC1(C)OB(c2ccc(Br)cc2)OC1(C)C. The van der Waals surface area contributed by atoms with Crippen LogP contribution in [0.1, 0.15) is 88.6 Å². The van der Waals surface area contributed by atoms with Crippen LogP contribution in [-0.2, 0) is 18.6 Å². The highest BCUT2D eigenvalue weighted by molar-refractivity contribution is 9.10. The van der Waals surface area contributed by atoms with E-state index in [0.29, 0.717) is 0 Å². The molecule has 0 bridgehead atoms. The van der Waals surface area contributed by atoms with Crippen LogP contribution in [0.4, 0.5) is 0 Å². The first-order chi connectivity index (χ1) is 19.4. The van der Waals surface area contributed by atoms with Gasteiger partial charge in [0.1, 0.15) is 11.2 Å². The first kappa shape index (κ1) is 37.1. The zero-order valence-corrected chi connectivity index (χ0v) is 29.3. The van der Waals surface area contributed by atoms with E-state index in [1.54, 1.807) is 27.7 Å². The van der Waals surface area contributed by atoms with E-state index in [2.05, 4.69) is 61.4 Å². The smallest absolute Gasteiger partial charge is 0.399 e. The van der Waals surface area contributed by atoms with Gasteiger partial charge in [0, 0.05) is 10.0 Å². The molecule has 2 heterocycles. The van der Waals surface area contributed by atoms with Crippen LogP contribution in [0.2, 0.25) is 0 Å². The number of benzene rings is 2. The maximum Gasteiger partial charge on any atom is 0.494 e. The van der Waals surface area contributed by atoms with Gasteiger partial charge in [-0.3, -0.25) is 0 Å². The summed E-state index contributed by atoms with van der Waals surface area (Å²) >= 11 is 3.42. The number of hydrogen-bond acceptors (Lipinski definition) is 6. The van der Waals surface area contributed by atoms with Crippen LogP contribution in [0, 0.1) is 24.2 Å². The molecule has 0 amide bonds. The standard InChI is InChI=1S/C17H23BO3.C12H16BBrO2.C5H8O/c1-15(2,19)12-11-13-7-9-14(10-8-13)18-20-16(3,4)17(5,6)21-18;1-11(2)12(3,4)16-13(15-11)9-5-7-10(14)8-6-9;1-4-5(2,3)6/h7-10,19H,1-6H3;5-8H,1-4H3;1,6H,2-3H3. The van der Waals surface area contributed by atoms with Crippen molar-refractivity contribution < 1.29 is 28.8 Å². The van der Waals surface area contributed by atoms with Crippen molar-refractivity contribution in [1.82, 2.24) is 0 Å². The molecular formula is C34H47B2BrO6. The van der Waals surface area contributed by atoms with E-state index in [9.17, 15) is 5.11 Å². The van der Waals surface area contributed by atoms with Crippen molar-refractivity contribution in [2.45, 2.75) is 117 Å². The van der Waals surface area contributed by atoms with Gasteiger partial charge in [-0.05, 0) is 118 Å². The van der Waals surface area contributed by atoms with Crippen molar-refractivity contribution in [3.63, 3.8) is 0 Å². The number of halogens is 1. The quantitative estimate of drug-likeness (QED) is 0.341. The lowest BCUT2D eigenvalue weighted by atomic mass is 9.79. The van der Waals surface area contributed by atoms with Crippen LogP contribution in [0.15, 0.2) is 53.0 Å². The highest BCUT2D eigenvalue weighted by Gasteiger charge is 2.52. The van der Waals surface area contributed by atoms with E-state index in [4.69, 9.17) is 30.1 Å². The molecule has 2 N–H and O–H groups in total. The molecule has 2 fully saturated rings. The Balaban J connectivity index is 0.000000259. The second kappa shape index (κ2) is 13.5. The molecule has 232 valence electrons. The molecule has 0 aromatic heterocycles. The van der Waals surface area contributed by atoms with Crippen LogP contribution in [-0.4, -0.2) is 58.1 Å². The van der Waals surface area contributed by atoms with Gasteiger partial charge in [0.15, 0.2) is 0 Å². The van der Waals surface area contributed by atoms with Gasteiger partial charge >= 0.3 is 14.2 Å². The van der Waals surface area contributed by atoms with Crippen molar-refractivity contribution in [3.8, 4) is 24.2 Å². The molecule has 4 rings (SSSR count). The zero-order chi connectivity index (χ0) is 33.1. The van der Waals surface area contributed by atoms with Gasteiger partial charge in [0.2, 0.25) is 0 Å². The topological polar surface area (TPSA) is 77.4 Å². The molecule has 0 saturated carbocycles. The highest BCUT2D eigenvalue weighted by atomic mass is 79.9. The molecule has 0 aliphatic carbocycles. The minimum absolute atomic E-state index is 0.266. The van der Waals surface area contributed by atoms with Gasteiger partial charge in [0.05, 0.1) is 22.4 Å². The monoisotopic (exact) mass is 652 g/mol. The van der Waals surface area contributed by atoms with E-state index in [1.807, 2.05) is 76.2 Å². The molecule has 6 nitrogen and oxygen atoms in total. The fourth-order valence-electron chi connectivity index (χ4n) is 3.53. The lowest BCUT2D eigenvalue weighted by molar-refractivity contribution is 0.00578. The summed E-state index contributed by atoms with van der Waals surface area (Å²) in [5.74, 6) is 7.91. The summed E-state index contributed by atoms with van der Waals surface area (Å²) in [5, 5.41) is 18.2. The maximum absolute atomic E-state index is 9.61. The Morgan fingerprint density at radius 3 is 1.21 bits per heavy atom. The minimum Gasteiger partial charge on any atom is -0.399 e. The number of terminal acetylenes is 1. The number of aliphatic hydroxyl groups is 2. The third kappa shape index (κ3) is 10.8. The molecule has 2 saturated heterocycles. The first-order valence-corrected chi connectivity index (χ1v) is 15.2. The molecule has 2 aliphatic heterocycles. The molecular weight excluding hydrogens is 606 g/mol. The van der Waals surface area contributed by atoms with Crippen LogP contribution < -0.4 is 10.9 Å². The van der Waals surface area contributed by atoms with E-state index >= 15 is 0 Å². The zero-order valence-electron chi connectivity index (χ0n) is 27.8. The van der Waals surface area contributed by atoms with Crippen molar-refractivity contribution in [3.05, 3.63) is 58.6 Å². The Hall–Kier alpha value is -2.07. The van der Waals surface area contributed by atoms with Crippen molar-refractivity contribution in [2.75, 3.05) is 0 Å². The molecule has 0 unspecified atom stereocenters. The summed E-state index contributed by atoms with van der Waals surface area (Å²) in [7, 11) is -0.621. The van der Waals surface area contributed by atoms with E-state index in [-0.39, 0.29) is 36.6 Å². The summed E-state index contributed by atoms with van der Waals surface area (Å²) in [5.41, 5.74) is -0.241. The Morgan fingerprint density at radius 1 is 0.628 bits per heavy atom. The van der Waals surface area contributed by atoms with Gasteiger partial charge in [-0.25, -0.2) is 0 Å². The molecule has 43 heavy (non-hydrogen) atoms. The first-order valence-electron chi connectivity index (χ1n) is 14.4. The van der Waals surface area contributed by atoms with Gasteiger partial charge in [-0.2, -0.15) is 0 Å². The Kier molecular flexibility index (Phi) is 11.7. The number of rotatable bonds is 2. The molecule has 2 aromatic carbocycles. The Morgan fingerprint density at radius 2 is 0.930 bits per heavy atom. The molecule has 9 heteroatoms. The largest absolute Gasteiger partial charge is 0.494 e. The van der Waals surface area contributed by atoms with Gasteiger partial charge < -0.3 is 28.8 Å². The van der Waals surface area contributed by atoms with Crippen LogP contribution in [0.3, 0.4) is 0 Å².